The highest BCUT2D eigenvalue weighted by atomic mass is 32.1. The maximum Gasteiger partial charge on any atom is 0.0558 e. The molecule has 0 radical (unpaired) electrons. The summed E-state index contributed by atoms with van der Waals surface area (Å²) in [7, 11) is 0. The number of rotatable bonds is 8. The van der Waals surface area contributed by atoms with Gasteiger partial charge < -0.3 is 10.2 Å². The lowest BCUT2D eigenvalue weighted by Gasteiger charge is -2.25. The van der Waals surface area contributed by atoms with E-state index in [0.717, 1.165) is 12.3 Å². The molecule has 0 bridgehead atoms. The molecule has 17 heavy (non-hydrogen) atoms. The van der Waals surface area contributed by atoms with Gasteiger partial charge in [-0.25, -0.2) is 0 Å². The van der Waals surface area contributed by atoms with Crippen molar-refractivity contribution in [1.82, 2.24) is 4.90 Å². The van der Waals surface area contributed by atoms with Crippen LogP contribution in [0.1, 0.15) is 11.5 Å². The molecule has 1 aromatic rings. The first-order valence-corrected chi connectivity index (χ1v) is 6.55. The minimum absolute atomic E-state index is 0.119. The van der Waals surface area contributed by atoms with Crippen LogP contribution in [0, 0.1) is 0 Å². The van der Waals surface area contributed by atoms with Crippen molar-refractivity contribution in [1.29, 1.82) is 0 Å². The van der Waals surface area contributed by atoms with Crippen LogP contribution >= 0.6 is 12.6 Å². The van der Waals surface area contributed by atoms with Gasteiger partial charge in [-0.15, -0.1) is 0 Å². The van der Waals surface area contributed by atoms with Crippen LogP contribution in [0.2, 0.25) is 0 Å². The highest BCUT2D eigenvalue weighted by Gasteiger charge is 2.14. The molecule has 0 saturated heterocycles. The Morgan fingerprint density at radius 1 is 1.06 bits per heavy atom. The fourth-order valence-electron chi connectivity index (χ4n) is 1.88. The van der Waals surface area contributed by atoms with Crippen molar-refractivity contribution >= 4 is 12.6 Å². The molecule has 0 heterocycles. The SMILES string of the molecule is OCCN(CCO)CC(CS)c1ccccc1. The van der Waals surface area contributed by atoms with Gasteiger partial charge in [0.2, 0.25) is 0 Å². The Kier molecular flexibility index (Phi) is 7.28. The minimum Gasteiger partial charge on any atom is -0.395 e. The van der Waals surface area contributed by atoms with Gasteiger partial charge in [-0.1, -0.05) is 30.3 Å². The van der Waals surface area contributed by atoms with Crippen LogP contribution in [-0.2, 0) is 0 Å². The zero-order valence-corrected chi connectivity index (χ0v) is 10.9. The Bertz CT molecular complexity index is 289. The lowest BCUT2D eigenvalue weighted by atomic mass is 10.0. The van der Waals surface area contributed by atoms with E-state index in [2.05, 4.69) is 29.7 Å². The van der Waals surface area contributed by atoms with Gasteiger partial charge in [0.05, 0.1) is 13.2 Å². The molecule has 1 atom stereocenters. The fraction of sp³-hybridized carbons (Fsp3) is 0.538. The molecule has 0 saturated carbocycles. The molecule has 2 N–H and O–H groups in total. The summed E-state index contributed by atoms with van der Waals surface area (Å²) in [6.45, 7) is 2.24. The molecule has 0 spiro atoms. The van der Waals surface area contributed by atoms with Crippen molar-refractivity contribution in [3.8, 4) is 0 Å². The van der Waals surface area contributed by atoms with Gasteiger partial charge in [0, 0.05) is 25.6 Å². The summed E-state index contributed by atoms with van der Waals surface area (Å²) in [5.41, 5.74) is 1.25. The van der Waals surface area contributed by atoms with Crippen molar-refractivity contribution in [3.05, 3.63) is 35.9 Å². The summed E-state index contributed by atoms with van der Waals surface area (Å²) in [4.78, 5) is 2.06. The van der Waals surface area contributed by atoms with Crippen LogP contribution in [0.5, 0.6) is 0 Å². The van der Waals surface area contributed by atoms with Gasteiger partial charge in [0.1, 0.15) is 0 Å². The van der Waals surface area contributed by atoms with E-state index >= 15 is 0 Å². The minimum atomic E-state index is 0.119. The van der Waals surface area contributed by atoms with E-state index in [1.54, 1.807) is 0 Å². The molecule has 0 aliphatic carbocycles. The van der Waals surface area contributed by atoms with Crippen LogP contribution in [0.15, 0.2) is 30.3 Å². The summed E-state index contributed by atoms with van der Waals surface area (Å²) < 4.78 is 0. The largest absolute Gasteiger partial charge is 0.395 e. The Hall–Kier alpha value is -0.550. The third-order valence-corrected chi connectivity index (χ3v) is 3.24. The van der Waals surface area contributed by atoms with Gasteiger partial charge in [0.25, 0.3) is 0 Å². The second kappa shape index (κ2) is 8.53. The van der Waals surface area contributed by atoms with Crippen molar-refractivity contribution in [2.75, 3.05) is 38.6 Å². The number of benzene rings is 1. The zero-order valence-electron chi connectivity index (χ0n) is 10.00. The summed E-state index contributed by atoms with van der Waals surface area (Å²) in [6, 6.07) is 10.2. The maximum absolute atomic E-state index is 8.98. The quantitative estimate of drug-likeness (QED) is 0.607. The normalized spacial score (nSPS) is 12.9. The molecule has 0 amide bonds. The van der Waals surface area contributed by atoms with Gasteiger partial charge in [0.15, 0.2) is 0 Å². The summed E-state index contributed by atoms with van der Waals surface area (Å²) in [6.07, 6.45) is 0. The van der Waals surface area contributed by atoms with Crippen molar-refractivity contribution in [3.63, 3.8) is 0 Å². The van der Waals surface area contributed by atoms with E-state index in [1.165, 1.54) is 5.56 Å². The first-order valence-electron chi connectivity index (χ1n) is 5.91. The number of hydrogen-bond donors (Lipinski definition) is 3. The summed E-state index contributed by atoms with van der Waals surface area (Å²) >= 11 is 4.39. The van der Waals surface area contributed by atoms with Gasteiger partial charge in [-0.3, -0.25) is 4.90 Å². The summed E-state index contributed by atoms with van der Waals surface area (Å²) in [5, 5.41) is 18.0. The molecule has 4 heteroatoms. The fourth-order valence-corrected chi connectivity index (χ4v) is 2.21. The second-order valence-corrected chi connectivity index (χ2v) is 4.40. The van der Waals surface area contributed by atoms with Crippen LogP contribution < -0.4 is 0 Å². The van der Waals surface area contributed by atoms with Crippen LogP contribution in [0.4, 0.5) is 0 Å². The Labute approximate surface area is 108 Å². The maximum atomic E-state index is 8.98. The molecule has 0 aromatic heterocycles. The average Bonchev–Trinajstić information content (AvgIpc) is 2.37. The molecule has 0 aliphatic heterocycles. The van der Waals surface area contributed by atoms with Crippen LogP contribution in [-0.4, -0.2) is 53.7 Å². The molecule has 96 valence electrons. The van der Waals surface area contributed by atoms with Crippen LogP contribution in [0.3, 0.4) is 0 Å². The van der Waals surface area contributed by atoms with E-state index in [4.69, 9.17) is 10.2 Å². The van der Waals surface area contributed by atoms with E-state index < -0.39 is 0 Å². The lowest BCUT2D eigenvalue weighted by molar-refractivity contribution is 0.156. The standard InChI is InChI=1S/C13H21NO2S/c15-8-6-14(7-9-16)10-13(11-17)12-4-2-1-3-5-12/h1-5,13,15-17H,6-11H2. The van der Waals surface area contributed by atoms with Gasteiger partial charge in [-0.2, -0.15) is 12.6 Å². The number of aliphatic hydroxyl groups is 2. The monoisotopic (exact) mass is 255 g/mol. The third kappa shape index (κ3) is 5.08. The average molecular weight is 255 g/mol. The van der Waals surface area contributed by atoms with Crippen molar-refractivity contribution in [2.45, 2.75) is 5.92 Å². The number of hydrogen-bond acceptors (Lipinski definition) is 4. The predicted octanol–water partition coefficient (Wildman–Crippen LogP) is 0.987. The van der Waals surface area contributed by atoms with E-state index in [9.17, 15) is 0 Å². The predicted molar refractivity (Wildman–Crippen MR) is 73.6 cm³/mol. The zero-order chi connectivity index (χ0) is 12.5. The van der Waals surface area contributed by atoms with E-state index in [1.807, 2.05) is 18.2 Å². The number of aliphatic hydroxyl groups excluding tert-OH is 2. The highest BCUT2D eigenvalue weighted by molar-refractivity contribution is 7.80. The van der Waals surface area contributed by atoms with Crippen LogP contribution in [0.25, 0.3) is 0 Å². The molecule has 1 aromatic carbocycles. The van der Waals surface area contributed by atoms with Crippen molar-refractivity contribution < 1.29 is 10.2 Å². The molecule has 1 rings (SSSR count). The highest BCUT2D eigenvalue weighted by Crippen LogP contribution is 2.18. The number of thiol groups is 1. The second-order valence-electron chi connectivity index (χ2n) is 4.04. The van der Waals surface area contributed by atoms with E-state index in [-0.39, 0.29) is 13.2 Å². The van der Waals surface area contributed by atoms with E-state index in [0.29, 0.717) is 19.0 Å². The Morgan fingerprint density at radius 2 is 1.65 bits per heavy atom. The molecule has 0 fully saturated rings. The molecular formula is C13H21NO2S. The first kappa shape index (κ1) is 14.5. The van der Waals surface area contributed by atoms with Crippen molar-refractivity contribution in [2.24, 2.45) is 0 Å². The lowest BCUT2D eigenvalue weighted by Crippen LogP contribution is -2.34. The number of nitrogens with zero attached hydrogens (tertiary/aromatic N) is 1. The summed E-state index contributed by atoms with van der Waals surface area (Å²) in [5.74, 6) is 1.09. The van der Waals surface area contributed by atoms with Gasteiger partial charge >= 0.3 is 0 Å². The topological polar surface area (TPSA) is 43.7 Å². The first-order chi connectivity index (χ1) is 8.31. The Morgan fingerprint density at radius 3 is 2.12 bits per heavy atom. The molecule has 0 aliphatic rings. The Balaban J connectivity index is 2.61. The molecule has 1 unspecified atom stereocenters. The third-order valence-electron chi connectivity index (χ3n) is 2.80. The van der Waals surface area contributed by atoms with Gasteiger partial charge in [-0.05, 0) is 11.3 Å². The molecule has 3 nitrogen and oxygen atoms in total. The molecular weight excluding hydrogens is 234 g/mol. The smallest absolute Gasteiger partial charge is 0.0558 e.